The molecule has 0 amide bonds. The summed E-state index contributed by atoms with van der Waals surface area (Å²) in [6.45, 7) is 0. The zero-order valence-electron chi connectivity index (χ0n) is 14.1. The number of rotatable bonds is 5. The predicted molar refractivity (Wildman–Crippen MR) is 99.7 cm³/mol. The Kier molecular flexibility index (Phi) is 4.33. The maximum absolute atomic E-state index is 12.9. The smallest absolute Gasteiger partial charge is 0.241 e. The third kappa shape index (κ3) is 3.44. The fourth-order valence-corrected chi connectivity index (χ4v) is 6.97. The molecule has 4 fully saturated rings. The van der Waals surface area contributed by atoms with Gasteiger partial charge in [0.25, 0.3) is 0 Å². The number of benzene rings is 1. The van der Waals surface area contributed by atoms with Crippen molar-refractivity contribution >= 4 is 33.1 Å². The molecule has 0 unspecified atom stereocenters. The summed E-state index contributed by atoms with van der Waals surface area (Å²) in [5.41, 5.74) is 5.99. The minimum atomic E-state index is -3.53. The molecule has 0 radical (unpaired) electrons. The summed E-state index contributed by atoms with van der Waals surface area (Å²) in [4.78, 5) is 4.41. The summed E-state index contributed by atoms with van der Waals surface area (Å²) in [6.07, 6.45) is 6.84. The van der Waals surface area contributed by atoms with Gasteiger partial charge in [0.15, 0.2) is 0 Å². The number of nitrogens with zero attached hydrogens (tertiary/aromatic N) is 1. The molecule has 3 N–H and O–H groups in total. The molecular weight excluding hydrogens is 358 g/mol. The van der Waals surface area contributed by atoms with Crippen molar-refractivity contribution in [2.45, 2.75) is 49.0 Å². The number of nitrogens with two attached hydrogens (primary N) is 1. The highest BCUT2D eigenvalue weighted by Crippen LogP contribution is 2.55. The van der Waals surface area contributed by atoms with Crippen molar-refractivity contribution in [3.8, 4) is 0 Å². The van der Waals surface area contributed by atoms with E-state index in [0.717, 1.165) is 19.3 Å². The van der Waals surface area contributed by atoms with Crippen molar-refractivity contribution in [1.29, 1.82) is 0 Å². The van der Waals surface area contributed by atoms with Gasteiger partial charge in [-0.3, -0.25) is 0 Å². The highest BCUT2D eigenvalue weighted by Gasteiger charge is 2.52. The molecule has 0 aromatic heterocycles. The summed E-state index contributed by atoms with van der Waals surface area (Å²) < 4.78 is 28.9. The van der Waals surface area contributed by atoms with Crippen LogP contribution in [-0.4, -0.2) is 25.7 Å². The van der Waals surface area contributed by atoms with Gasteiger partial charge in [0, 0.05) is 5.54 Å². The highest BCUT2D eigenvalue weighted by atomic mass is 35.5. The Morgan fingerprint density at radius 1 is 1.12 bits per heavy atom. The number of amidine groups is 1. The fourth-order valence-electron chi connectivity index (χ4n) is 5.48. The molecule has 0 heterocycles. The number of halogens is 1. The van der Waals surface area contributed by atoms with E-state index in [1.807, 2.05) is 0 Å². The van der Waals surface area contributed by atoms with Gasteiger partial charge < -0.3 is 5.73 Å². The molecule has 4 aliphatic rings. The maximum atomic E-state index is 12.9. The Morgan fingerprint density at radius 2 is 1.64 bits per heavy atom. The van der Waals surface area contributed by atoms with Gasteiger partial charge in [-0.1, -0.05) is 0 Å². The van der Waals surface area contributed by atoms with Crippen molar-refractivity contribution in [1.82, 2.24) is 4.72 Å². The van der Waals surface area contributed by atoms with Crippen LogP contribution in [0.4, 0.5) is 5.69 Å². The Hall–Kier alpha value is -1.11. The number of hydrogen-bond acceptors (Lipinski definition) is 3. The Bertz CT molecular complexity index is 754. The van der Waals surface area contributed by atoms with Crippen molar-refractivity contribution in [3.05, 3.63) is 24.3 Å². The van der Waals surface area contributed by atoms with E-state index in [-0.39, 0.29) is 16.3 Å². The summed E-state index contributed by atoms with van der Waals surface area (Å²) in [6, 6.07) is 6.49. The van der Waals surface area contributed by atoms with Crippen LogP contribution in [0.25, 0.3) is 0 Å². The van der Waals surface area contributed by atoms with Gasteiger partial charge in [-0.05, 0) is 80.5 Å². The Labute approximate surface area is 154 Å². The van der Waals surface area contributed by atoms with E-state index in [1.54, 1.807) is 24.3 Å². The highest BCUT2D eigenvalue weighted by molar-refractivity contribution is 7.89. The SMILES string of the molecule is NC(CCl)=Nc1ccc(S(=O)(=O)NC23CC4CC(CC(C4)C2)C3)cc1. The van der Waals surface area contributed by atoms with Crippen LogP contribution in [0, 0.1) is 17.8 Å². The molecule has 1 aromatic carbocycles. The standard InChI is InChI=1S/C18H24ClN3O2S/c19-11-17(20)21-15-1-3-16(4-2-15)25(23,24)22-18-8-12-5-13(9-18)7-14(6-12)10-18/h1-4,12-14,22H,5-11H2,(H2,20,21). The van der Waals surface area contributed by atoms with E-state index in [4.69, 9.17) is 17.3 Å². The van der Waals surface area contributed by atoms with E-state index in [0.29, 0.717) is 29.3 Å². The molecule has 4 aliphatic carbocycles. The number of alkyl halides is 1. The Balaban J connectivity index is 1.54. The number of hydrogen-bond donors (Lipinski definition) is 2. The minimum absolute atomic E-state index is 0.146. The topological polar surface area (TPSA) is 84.5 Å². The van der Waals surface area contributed by atoms with Crippen molar-refractivity contribution in [2.75, 3.05) is 5.88 Å². The van der Waals surface area contributed by atoms with Gasteiger partial charge in [0.1, 0.15) is 5.84 Å². The average molecular weight is 382 g/mol. The van der Waals surface area contributed by atoms with Gasteiger partial charge in [-0.15, -0.1) is 11.6 Å². The zero-order valence-corrected chi connectivity index (χ0v) is 15.7. The second-order valence-corrected chi connectivity index (χ2v) is 9.98. The van der Waals surface area contributed by atoms with Crippen LogP contribution >= 0.6 is 11.6 Å². The third-order valence-corrected chi connectivity index (χ3v) is 7.81. The summed E-state index contributed by atoms with van der Waals surface area (Å²) in [7, 11) is -3.53. The van der Waals surface area contributed by atoms with Crippen LogP contribution in [0.2, 0.25) is 0 Å². The molecule has 7 heteroatoms. The van der Waals surface area contributed by atoms with Gasteiger partial charge in [0.05, 0.1) is 16.5 Å². The van der Waals surface area contributed by atoms with E-state index in [9.17, 15) is 8.42 Å². The third-order valence-electron chi connectivity index (χ3n) is 5.95. The lowest BCUT2D eigenvalue weighted by Gasteiger charge is -2.56. The molecule has 25 heavy (non-hydrogen) atoms. The fraction of sp³-hybridized carbons (Fsp3) is 0.611. The van der Waals surface area contributed by atoms with Crippen LogP contribution in [0.1, 0.15) is 38.5 Å². The number of sulfonamides is 1. The molecule has 0 aliphatic heterocycles. The second-order valence-electron chi connectivity index (χ2n) is 8.03. The van der Waals surface area contributed by atoms with Crippen molar-refractivity contribution < 1.29 is 8.42 Å². The molecule has 5 nitrogen and oxygen atoms in total. The van der Waals surface area contributed by atoms with Crippen LogP contribution in [0.5, 0.6) is 0 Å². The maximum Gasteiger partial charge on any atom is 0.241 e. The van der Waals surface area contributed by atoms with E-state index in [1.165, 1.54) is 19.3 Å². The Morgan fingerprint density at radius 3 is 2.12 bits per heavy atom. The molecule has 4 bridgehead atoms. The lowest BCUT2D eigenvalue weighted by atomic mass is 9.53. The summed E-state index contributed by atoms with van der Waals surface area (Å²) in [5, 5.41) is 0. The quantitative estimate of drug-likeness (QED) is 0.466. The zero-order chi connectivity index (χ0) is 17.7. The first-order chi connectivity index (χ1) is 11.9. The normalized spacial score (nSPS) is 34.4. The molecule has 1 aromatic rings. The van der Waals surface area contributed by atoms with Crippen molar-refractivity contribution in [2.24, 2.45) is 28.5 Å². The lowest BCUT2D eigenvalue weighted by Crippen LogP contribution is -2.59. The van der Waals surface area contributed by atoms with E-state index < -0.39 is 10.0 Å². The predicted octanol–water partition coefficient (Wildman–Crippen LogP) is 3.16. The van der Waals surface area contributed by atoms with Crippen LogP contribution in [0.3, 0.4) is 0 Å². The van der Waals surface area contributed by atoms with Gasteiger partial charge in [-0.25, -0.2) is 18.1 Å². The number of nitrogens with one attached hydrogen (secondary N) is 1. The largest absolute Gasteiger partial charge is 0.386 e. The first kappa shape index (κ1) is 17.3. The molecule has 136 valence electrons. The van der Waals surface area contributed by atoms with Crippen LogP contribution in [0.15, 0.2) is 34.2 Å². The summed E-state index contributed by atoms with van der Waals surface area (Å²) >= 11 is 5.62. The molecule has 5 rings (SSSR count). The van der Waals surface area contributed by atoms with Crippen LogP contribution in [-0.2, 0) is 10.0 Å². The molecule has 0 spiro atoms. The second kappa shape index (κ2) is 6.25. The van der Waals surface area contributed by atoms with Gasteiger partial charge >= 0.3 is 0 Å². The molecule has 4 saturated carbocycles. The lowest BCUT2D eigenvalue weighted by molar-refractivity contribution is -0.00810. The molecule has 0 saturated heterocycles. The first-order valence-electron chi connectivity index (χ1n) is 8.90. The van der Waals surface area contributed by atoms with Gasteiger partial charge in [0.2, 0.25) is 10.0 Å². The van der Waals surface area contributed by atoms with Gasteiger partial charge in [-0.2, -0.15) is 0 Å². The summed E-state index contributed by atoms with van der Waals surface area (Å²) in [5.74, 6) is 2.55. The molecule has 0 atom stereocenters. The minimum Gasteiger partial charge on any atom is -0.386 e. The average Bonchev–Trinajstić information content (AvgIpc) is 2.53. The first-order valence-corrected chi connectivity index (χ1v) is 10.9. The number of aliphatic imine (C=N–C) groups is 1. The monoisotopic (exact) mass is 381 g/mol. The van der Waals surface area contributed by atoms with E-state index >= 15 is 0 Å². The van der Waals surface area contributed by atoms with E-state index in [2.05, 4.69) is 9.71 Å². The van der Waals surface area contributed by atoms with Crippen molar-refractivity contribution in [3.63, 3.8) is 0 Å². The molecular formula is C18H24ClN3O2S. The van der Waals surface area contributed by atoms with Crippen LogP contribution < -0.4 is 10.5 Å².